The first-order chi connectivity index (χ1) is 11.5. The molecule has 0 spiro atoms. The number of carboxylic acid groups (broad SMARTS) is 1. The number of aromatic carboxylic acids is 1. The molecule has 0 aliphatic rings. The molecule has 4 N–H and O–H groups in total. The zero-order valence-electron chi connectivity index (χ0n) is 12.5. The average molecular weight is 374 g/mol. The van der Waals surface area contributed by atoms with Gasteiger partial charge in [-0.05, 0) is 17.7 Å². The molecule has 0 unspecified atom stereocenters. The quantitative estimate of drug-likeness (QED) is 0.745. The third-order valence-corrected chi connectivity index (χ3v) is 4.24. The van der Waals surface area contributed by atoms with Crippen LogP contribution in [0.3, 0.4) is 0 Å². The van der Waals surface area contributed by atoms with Gasteiger partial charge in [0, 0.05) is 12.2 Å². The highest BCUT2D eigenvalue weighted by Gasteiger charge is 2.38. The highest BCUT2D eigenvalue weighted by atomic mass is 32.2. The molecule has 10 heteroatoms. The van der Waals surface area contributed by atoms with Crippen LogP contribution in [-0.2, 0) is 22.7 Å². The number of carboxylic acids is 1. The van der Waals surface area contributed by atoms with E-state index in [1.54, 1.807) is 30.3 Å². The van der Waals surface area contributed by atoms with Crippen molar-refractivity contribution in [2.45, 2.75) is 17.6 Å². The van der Waals surface area contributed by atoms with Gasteiger partial charge in [0.05, 0.1) is 16.0 Å². The summed E-state index contributed by atoms with van der Waals surface area (Å²) >= 11 is 0. The molecule has 0 aliphatic heterocycles. The van der Waals surface area contributed by atoms with Crippen molar-refractivity contribution in [2.75, 3.05) is 5.32 Å². The van der Waals surface area contributed by atoms with E-state index >= 15 is 0 Å². The summed E-state index contributed by atoms with van der Waals surface area (Å²) in [5.41, 5.74) is -1.83. The maximum Gasteiger partial charge on any atom is 0.417 e. The van der Waals surface area contributed by atoms with E-state index in [1.807, 2.05) is 0 Å². The van der Waals surface area contributed by atoms with Crippen LogP contribution in [0.1, 0.15) is 21.5 Å². The Hall–Kier alpha value is -2.59. The number of alkyl halides is 3. The van der Waals surface area contributed by atoms with Crippen molar-refractivity contribution in [3.8, 4) is 0 Å². The van der Waals surface area contributed by atoms with Crippen LogP contribution in [0.2, 0.25) is 0 Å². The molecule has 6 nitrogen and oxygen atoms in total. The van der Waals surface area contributed by atoms with Crippen LogP contribution < -0.4 is 10.5 Å². The smallest absolute Gasteiger partial charge is 0.417 e. The number of nitrogens with two attached hydrogens (primary N) is 1. The van der Waals surface area contributed by atoms with Gasteiger partial charge in [0.15, 0.2) is 0 Å². The Morgan fingerprint density at radius 3 is 2.24 bits per heavy atom. The molecule has 0 atom stereocenters. The fourth-order valence-electron chi connectivity index (χ4n) is 2.15. The van der Waals surface area contributed by atoms with Gasteiger partial charge in [0.25, 0.3) is 0 Å². The highest BCUT2D eigenvalue weighted by molar-refractivity contribution is 7.89. The van der Waals surface area contributed by atoms with Gasteiger partial charge < -0.3 is 10.4 Å². The minimum Gasteiger partial charge on any atom is -0.478 e. The van der Waals surface area contributed by atoms with Crippen LogP contribution in [0.4, 0.5) is 18.9 Å². The molecule has 0 aromatic heterocycles. The molecule has 0 radical (unpaired) electrons. The van der Waals surface area contributed by atoms with E-state index < -0.39 is 38.2 Å². The van der Waals surface area contributed by atoms with Crippen molar-refractivity contribution < 1.29 is 31.5 Å². The van der Waals surface area contributed by atoms with E-state index in [2.05, 4.69) is 5.32 Å². The molecule has 0 bridgehead atoms. The number of rotatable bonds is 5. The summed E-state index contributed by atoms with van der Waals surface area (Å²) in [7, 11) is -4.77. The van der Waals surface area contributed by atoms with Gasteiger partial charge in [0.1, 0.15) is 0 Å². The molecule has 2 rings (SSSR count). The first-order valence-corrected chi connectivity index (χ1v) is 8.34. The maximum atomic E-state index is 13.2. The second kappa shape index (κ2) is 6.73. The Morgan fingerprint density at radius 2 is 1.76 bits per heavy atom. The van der Waals surface area contributed by atoms with Crippen LogP contribution in [0.25, 0.3) is 0 Å². The molecular formula is C15H13F3N2O4S. The van der Waals surface area contributed by atoms with Gasteiger partial charge >= 0.3 is 12.1 Å². The molecule has 2 aromatic carbocycles. The number of sulfonamides is 1. The zero-order valence-corrected chi connectivity index (χ0v) is 13.4. The summed E-state index contributed by atoms with van der Waals surface area (Å²) in [5, 5.41) is 16.6. The fourth-order valence-corrected chi connectivity index (χ4v) is 2.92. The molecule has 2 aromatic rings. The molecule has 0 amide bonds. The first kappa shape index (κ1) is 18.7. The van der Waals surface area contributed by atoms with Crippen molar-refractivity contribution in [1.82, 2.24) is 0 Å². The van der Waals surface area contributed by atoms with Crippen molar-refractivity contribution in [3.63, 3.8) is 0 Å². The lowest BCUT2D eigenvalue weighted by Crippen LogP contribution is -2.21. The summed E-state index contributed by atoms with van der Waals surface area (Å²) in [5.74, 6) is -1.59. The van der Waals surface area contributed by atoms with Crippen LogP contribution in [-0.4, -0.2) is 19.5 Å². The molecule has 0 fully saturated rings. The molecule has 0 saturated heterocycles. The third-order valence-electron chi connectivity index (χ3n) is 3.29. The van der Waals surface area contributed by atoms with Crippen molar-refractivity contribution in [2.24, 2.45) is 5.14 Å². The topological polar surface area (TPSA) is 109 Å². The van der Waals surface area contributed by atoms with Gasteiger partial charge in [-0.2, -0.15) is 13.2 Å². The fraction of sp³-hybridized carbons (Fsp3) is 0.133. The van der Waals surface area contributed by atoms with Gasteiger partial charge in [0.2, 0.25) is 10.0 Å². The van der Waals surface area contributed by atoms with E-state index in [9.17, 15) is 31.5 Å². The monoisotopic (exact) mass is 374 g/mol. The Kier molecular flexibility index (Phi) is 5.04. The molecule has 0 saturated carbocycles. The molecule has 0 heterocycles. The molecule has 134 valence electrons. The van der Waals surface area contributed by atoms with Crippen molar-refractivity contribution >= 4 is 21.7 Å². The Balaban J connectivity index is 2.56. The Bertz CT molecular complexity index is 897. The summed E-state index contributed by atoms with van der Waals surface area (Å²) in [4.78, 5) is 10.0. The minimum absolute atomic E-state index is 0.0487. The Labute approximate surface area is 141 Å². The van der Waals surface area contributed by atoms with Crippen molar-refractivity contribution in [1.29, 1.82) is 0 Å². The summed E-state index contributed by atoms with van der Waals surface area (Å²) in [6, 6.07) is 9.39. The number of carbonyl (C=O) groups is 1. The van der Waals surface area contributed by atoms with Crippen LogP contribution in [0, 0.1) is 0 Å². The molecule has 0 aliphatic carbocycles. The SMILES string of the molecule is NS(=O)(=O)c1cc(C(=O)O)c(NCc2ccccc2)cc1C(F)(F)F. The highest BCUT2D eigenvalue weighted by Crippen LogP contribution is 2.37. The average Bonchev–Trinajstić information content (AvgIpc) is 2.51. The van der Waals surface area contributed by atoms with E-state index in [-0.39, 0.29) is 12.2 Å². The number of anilines is 1. The van der Waals surface area contributed by atoms with E-state index in [1.165, 1.54) is 0 Å². The van der Waals surface area contributed by atoms with Crippen molar-refractivity contribution in [3.05, 3.63) is 59.2 Å². The second-order valence-electron chi connectivity index (χ2n) is 5.08. The lowest BCUT2D eigenvalue weighted by Gasteiger charge is -2.16. The van der Waals surface area contributed by atoms with Gasteiger partial charge in [-0.1, -0.05) is 30.3 Å². The van der Waals surface area contributed by atoms with E-state index in [0.29, 0.717) is 17.7 Å². The first-order valence-electron chi connectivity index (χ1n) is 6.79. The predicted molar refractivity (Wildman–Crippen MR) is 83.5 cm³/mol. The summed E-state index contributed by atoms with van der Waals surface area (Å²) in [6.07, 6.45) is -5.03. The minimum atomic E-state index is -5.03. The number of halogens is 3. The number of benzene rings is 2. The lowest BCUT2D eigenvalue weighted by atomic mass is 10.1. The maximum absolute atomic E-state index is 13.2. The van der Waals surface area contributed by atoms with Gasteiger partial charge in [-0.25, -0.2) is 18.4 Å². The second-order valence-corrected chi connectivity index (χ2v) is 6.61. The van der Waals surface area contributed by atoms with Gasteiger partial charge in [-0.3, -0.25) is 0 Å². The predicted octanol–water partition coefficient (Wildman–Crippen LogP) is 2.66. The van der Waals surface area contributed by atoms with Crippen LogP contribution in [0.5, 0.6) is 0 Å². The standard InChI is InChI=1S/C15H13F3N2O4S/c16-15(17,18)11-7-12(20-8-9-4-2-1-3-5-9)10(14(21)22)6-13(11)25(19,23)24/h1-7,20H,8H2,(H,21,22)(H2,19,23,24). The summed E-state index contributed by atoms with van der Waals surface area (Å²) < 4.78 is 62.3. The van der Waals surface area contributed by atoms with E-state index in [0.717, 1.165) is 0 Å². The van der Waals surface area contributed by atoms with Gasteiger partial charge in [-0.15, -0.1) is 0 Å². The summed E-state index contributed by atoms with van der Waals surface area (Å²) in [6.45, 7) is 0.0487. The Morgan fingerprint density at radius 1 is 1.16 bits per heavy atom. The molecular weight excluding hydrogens is 361 g/mol. The van der Waals surface area contributed by atoms with E-state index in [4.69, 9.17) is 5.14 Å². The normalized spacial score (nSPS) is 12.0. The lowest BCUT2D eigenvalue weighted by molar-refractivity contribution is -0.139. The third kappa shape index (κ3) is 4.48. The number of nitrogens with one attached hydrogen (secondary N) is 1. The zero-order chi connectivity index (χ0) is 18.8. The largest absolute Gasteiger partial charge is 0.478 e. The molecule has 25 heavy (non-hydrogen) atoms. The number of primary sulfonamides is 1. The van der Waals surface area contributed by atoms with Crippen LogP contribution in [0.15, 0.2) is 47.4 Å². The number of hydrogen-bond donors (Lipinski definition) is 3. The van der Waals surface area contributed by atoms with Crippen LogP contribution >= 0.6 is 0 Å². The number of hydrogen-bond acceptors (Lipinski definition) is 4.